The molecule has 5 rings (SSSR count). The van der Waals surface area contributed by atoms with Gasteiger partial charge >= 0.3 is 0 Å². The maximum Gasteiger partial charge on any atom is 0.247 e. The van der Waals surface area contributed by atoms with Crippen molar-refractivity contribution < 1.29 is 44.4 Å². The second-order valence-corrected chi connectivity index (χ2v) is 7.81. The third kappa shape index (κ3) is 6.53. The SMILES string of the molecule is [2H]c1c([2H])c([2H])c(-c2nn(-c3ccnc(Nc4cc(NC(=O)C=C)c(N5C([2H])([2H])C([2H])([2H])OC([2H])([2H])C5([2H])[2H])cc4OC([2H])([2H])[2H])n3)c([2H])c2C([2H])([2H])N(C)C([2H])([2H])[2H])c([2H])c1[2H]. The molecule has 0 spiro atoms. The number of nitrogens with zero attached hydrogens (tertiary/aromatic N) is 6. The number of morpholine rings is 1. The average molecular weight is 577 g/mol. The third-order valence-electron chi connectivity index (χ3n) is 5.08. The highest BCUT2D eigenvalue weighted by Crippen LogP contribution is 2.38. The van der Waals surface area contributed by atoms with Gasteiger partial charge in [0, 0.05) is 62.0 Å². The average Bonchev–Trinajstić information content (AvgIpc) is 3.49. The van der Waals surface area contributed by atoms with Crippen LogP contribution in [0.4, 0.5) is 23.0 Å². The van der Waals surface area contributed by atoms with Crippen molar-refractivity contribution in [3.8, 4) is 22.8 Å². The van der Waals surface area contributed by atoms with Crippen LogP contribution in [-0.4, -0.2) is 77.7 Å². The number of anilines is 4. The first-order valence-electron chi connectivity index (χ1n) is 22.4. The van der Waals surface area contributed by atoms with Crippen molar-refractivity contribution in [1.29, 1.82) is 0 Å². The Morgan fingerprint density at radius 1 is 1.32 bits per heavy atom. The Bertz CT molecular complexity index is 2430. The van der Waals surface area contributed by atoms with E-state index in [2.05, 4.69) is 37.0 Å². The minimum absolute atomic E-state index is 0.0457. The van der Waals surface area contributed by atoms with E-state index in [1.807, 2.05) is 0 Å². The Hall–Kier alpha value is -4.74. The van der Waals surface area contributed by atoms with E-state index in [-0.39, 0.29) is 9.80 Å². The van der Waals surface area contributed by atoms with Crippen LogP contribution in [0.15, 0.2) is 73.4 Å². The van der Waals surface area contributed by atoms with Crippen LogP contribution in [0.3, 0.4) is 0 Å². The summed E-state index contributed by atoms with van der Waals surface area (Å²) in [5.41, 5.74) is -4.28. The first kappa shape index (κ1) is 11.6. The zero-order valence-corrected chi connectivity index (χ0v) is 21.0. The van der Waals surface area contributed by atoms with Crippen molar-refractivity contribution in [2.45, 2.75) is 6.50 Å². The summed E-state index contributed by atoms with van der Waals surface area (Å²) in [6.07, 6.45) is 0.825. The normalized spacial score (nSPS) is 26.9. The van der Waals surface area contributed by atoms with Crippen LogP contribution >= 0.6 is 0 Å². The molecule has 3 heterocycles. The van der Waals surface area contributed by atoms with E-state index >= 15 is 0 Å². The fraction of sp³-hybridized carbons (Fsp3) is 0.267. The minimum atomic E-state index is -3.60. The van der Waals surface area contributed by atoms with Crippen LogP contribution in [0.25, 0.3) is 17.1 Å². The maximum absolute atomic E-state index is 12.7. The summed E-state index contributed by atoms with van der Waals surface area (Å²) in [7, 11) is -2.48. The quantitative estimate of drug-likeness (QED) is 0.270. The lowest BCUT2D eigenvalue weighted by Gasteiger charge is -2.31. The number of benzene rings is 2. The summed E-state index contributed by atoms with van der Waals surface area (Å²) >= 11 is 0. The van der Waals surface area contributed by atoms with Gasteiger partial charge in [0.05, 0.1) is 66.2 Å². The van der Waals surface area contributed by atoms with Gasteiger partial charge in [-0.2, -0.15) is 10.1 Å². The lowest BCUT2D eigenvalue weighted by Crippen LogP contribution is -2.36. The van der Waals surface area contributed by atoms with Gasteiger partial charge < -0.3 is 29.9 Å². The molecule has 11 heteroatoms. The molecule has 0 saturated carbocycles. The number of aromatic nitrogens is 4. The van der Waals surface area contributed by atoms with Crippen molar-refractivity contribution in [1.82, 2.24) is 24.6 Å². The van der Waals surface area contributed by atoms with Crippen LogP contribution in [0.5, 0.6) is 5.75 Å². The second-order valence-electron chi connectivity index (χ2n) is 7.81. The third-order valence-corrected chi connectivity index (χ3v) is 5.08. The smallest absolute Gasteiger partial charge is 0.247 e. The predicted octanol–water partition coefficient (Wildman–Crippen LogP) is 4.10. The van der Waals surface area contributed by atoms with Gasteiger partial charge in [-0.15, -0.1) is 0 Å². The van der Waals surface area contributed by atoms with Gasteiger partial charge in [0.15, 0.2) is 5.82 Å². The van der Waals surface area contributed by atoms with Crippen molar-refractivity contribution in [3.05, 3.63) is 79.0 Å². The second kappa shape index (κ2) is 12.6. The van der Waals surface area contributed by atoms with Crippen molar-refractivity contribution in [2.75, 3.05) is 62.7 Å². The molecular weight excluding hydrogens is 520 g/mol. The summed E-state index contributed by atoms with van der Waals surface area (Å²) in [4.78, 5) is 21.2. The molecule has 1 amide bonds. The van der Waals surface area contributed by atoms with Gasteiger partial charge in [-0.25, -0.2) is 9.67 Å². The van der Waals surface area contributed by atoms with Crippen LogP contribution < -0.4 is 20.3 Å². The zero-order chi connectivity index (χ0) is 48.0. The topological polar surface area (TPSA) is 110 Å². The first-order valence-corrected chi connectivity index (χ1v) is 11.4. The Morgan fingerprint density at radius 3 is 2.90 bits per heavy atom. The zero-order valence-electron chi connectivity index (χ0n) is 43.0. The number of rotatable bonds is 10. The number of carbonyl (C=O) groups excluding carboxylic acids is 1. The Morgan fingerprint density at radius 2 is 2.15 bits per heavy atom. The van der Waals surface area contributed by atoms with E-state index < -0.39 is 140 Å². The fourth-order valence-electron chi connectivity index (χ4n) is 3.41. The fourth-order valence-corrected chi connectivity index (χ4v) is 3.41. The summed E-state index contributed by atoms with van der Waals surface area (Å²) in [6, 6.07) is -1.71. The van der Waals surface area contributed by atoms with Crippen molar-refractivity contribution >= 4 is 28.9 Å². The molecule has 1 aliphatic heterocycles. The number of hydrogen-bond donors (Lipinski definition) is 2. The molecule has 11 nitrogen and oxygen atoms in total. The van der Waals surface area contributed by atoms with Crippen molar-refractivity contribution in [3.63, 3.8) is 0 Å². The number of carbonyl (C=O) groups is 1. The van der Waals surface area contributed by atoms with Gasteiger partial charge in [-0.1, -0.05) is 36.8 Å². The Kier molecular flexibility index (Phi) is 3.58. The number of hydrogen-bond acceptors (Lipinski definition) is 9. The van der Waals surface area contributed by atoms with Gasteiger partial charge in [0.2, 0.25) is 11.9 Å². The molecule has 4 aromatic rings. The number of nitrogens with one attached hydrogen (secondary N) is 2. The first-order chi connectivity index (χ1) is 28.5. The van der Waals surface area contributed by atoms with E-state index in [1.165, 1.54) is 0 Å². The number of ether oxygens (including phenoxy) is 2. The molecule has 0 atom stereocenters. The summed E-state index contributed by atoms with van der Waals surface area (Å²) in [5.74, 6) is -2.80. The maximum atomic E-state index is 12.7. The predicted molar refractivity (Wildman–Crippen MR) is 160 cm³/mol. The molecule has 41 heavy (non-hydrogen) atoms. The molecule has 1 aliphatic rings. The standard InChI is InChI=1S/C30H34N8O3/c1-5-28(39)32-23-17-24(26(40-4)18-25(23)37-13-15-41-16-14-37)33-30-31-12-11-27(34-30)38-20-22(19-36(2)3)29(35-38)21-9-7-6-8-10-21/h5-12,17-18,20H,1,13-16,19H2,2-4H3,(H,32,39)(H,31,33,34)/i2D3,4D3,6D,7D,8D,9D,10D,13D2,14D2,15D2,16D2,19D2,20D. The molecule has 2 aromatic carbocycles. The van der Waals surface area contributed by atoms with Gasteiger partial charge in [-0.05, 0) is 26.2 Å². The number of amides is 1. The van der Waals surface area contributed by atoms with Crippen molar-refractivity contribution in [2.24, 2.45) is 0 Å². The highest BCUT2D eigenvalue weighted by molar-refractivity contribution is 6.02. The van der Waals surface area contributed by atoms with Gasteiger partial charge in [0.25, 0.3) is 0 Å². The molecule has 1 fully saturated rings. The van der Waals surface area contributed by atoms with Crippen LogP contribution in [0, 0.1) is 0 Å². The monoisotopic (exact) mass is 576 g/mol. The van der Waals surface area contributed by atoms with Crippen LogP contribution in [0.2, 0.25) is 0 Å². The molecule has 0 bridgehead atoms. The van der Waals surface area contributed by atoms with E-state index in [0.717, 1.165) is 31.5 Å². The molecule has 0 unspecified atom stereocenters. The Labute approximate surface area is 270 Å². The molecule has 0 aliphatic carbocycles. The molecule has 1 saturated heterocycles. The van der Waals surface area contributed by atoms with Gasteiger partial charge in [-0.3, -0.25) is 4.79 Å². The van der Waals surface area contributed by atoms with Crippen LogP contribution in [0.1, 0.15) is 35.7 Å². The largest absolute Gasteiger partial charge is 0.494 e. The Balaban J connectivity index is 1.77. The van der Waals surface area contributed by atoms with E-state index in [0.29, 0.717) is 10.7 Å². The van der Waals surface area contributed by atoms with E-state index in [1.54, 1.807) is 0 Å². The lowest BCUT2D eigenvalue weighted by molar-refractivity contribution is -0.111. The highest BCUT2D eigenvalue weighted by Gasteiger charge is 2.20. The molecule has 0 radical (unpaired) electrons. The minimum Gasteiger partial charge on any atom is -0.494 e. The summed E-state index contributed by atoms with van der Waals surface area (Å²) in [6.45, 7) is -17.4. The van der Waals surface area contributed by atoms with E-state index in [9.17, 15) is 4.79 Å². The summed E-state index contributed by atoms with van der Waals surface area (Å²) < 4.78 is 192. The molecular formula is C30H34N8O3. The van der Waals surface area contributed by atoms with Gasteiger partial charge in [0.1, 0.15) is 5.75 Å². The number of methoxy groups -OCH3 is 1. The molecule has 2 aromatic heterocycles. The molecule has 212 valence electrons. The van der Waals surface area contributed by atoms with Crippen LogP contribution in [-0.2, 0) is 16.0 Å². The lowest BCUT2D eigenvalue weighted by atomic mass is 10.1. The summed E-state index contributed by atoms with van der Waals surface area (Å²) in [5, 5.41) is 9.01. The molecule has 2 N–H and O–H groups in total. The highest BCUT2D eigenvalue weighted by atomic mass is 16.5. The van der Waals surface area contributed by atoms with E-state index in [4.69, 9.17) is 34.9 Å².